The number of carboxylic acid groups (broad SMARTS) is 2. The number of hydrogen-bond acceptors (Lipinski definition) is 4. The molecule has 0 rings (SSSR count). The Morgan fingerprint density at radius 1 is 1.21 bits per heavy atom. The number of rotatable bonds is 9. The molecule has 0 spiro atoms. The zero-order chi connectivity index (χ0) is 14.8. The molecule has 0 aromatic carbocycles. The van der Waals surface area contributed by atoms with Crippen LogP contribution in [0, 0.1) is 0 Å². The number of carbonyl (C=O) groups excluding carboxylic acids is 1. The van der Waals surface area contributed by atoms with Gasteiger partial charge in [-0.2, -0.15) is 11.8 Å². The summed E-state index contributed by atoms with van der Waals surface area (Å²) in [5.41, 5.74) is 0. The van der Waals surface area contributed by atoms with E-state index in [0.29, 0.717) is 0 Å². The number of nitrogens with zero attached hydrogens (tertiary/aromatic N) is 1. The maximum atomic E-state index is 11.7. The standard InChI is InChI=1S/C11H20N2O5S/c1-3-19-5-4-8(2)12-11(18)13(6-9(14)15)7-10(16)17/h8H,3-7H2,1-2H3,(H,12,18)(H,14,15)(H,16,17). The highest BCUT2D eigenvalue weighted by molar-refractivity contribution is 7.99. The lowest BCUT2D eigenvalue weighted by molar-refractivity contribution is -0.140. The van der Waals surface area contributed by atoms with Gasteiger partial charge in [-0.05, 0) is 24.9 Å². The van der Waals surface area contributed by atoms with Gasteiger partial charge < -0.3 is 20.4 Å². The molecule has 0 aromatic rings. The third-order valence-corrected chi connectivity index (χ3v) is 3.14. The molecule has 8 heteroatoms. The molecule has 0 heterocycles. The second kappa shape index (κ2) is 9.48. The molecular weight excluding hydrogens is 272 g/mol. The maximum absolute atomic E-state index is 11.7. The van der Waals surface area contributed by atoms with Gasteiger partial charge in [0.1, 0.15) is 13.1 Å². The van der Waals surface area contributed by atoms with Crippen LogP contribution in [-0.4, -0.2) is 63.7 Å². The first kappa shape index (κ1) is 17.6. The largest absolute Gasteiger partial charge is 0.480 e. The quantitative estimate of drug-likeness (QED) is 0.540. The van der Waals surface area contributed by atoms with Crippen LogP contribution >= 0.6 is 11.8 Å². The summed E-state index contributed by atoms with van der Waals surface area (Å²) >= 11 is 1.74. The Morgan fingerprint density at radius 3 is 2.16 bits per heavy atom. The van der Waals surface area contributed by atoms with Gasteiger partial charge in [0.25, 0.3) is 0 Å². The molecule has 1 atom stereocenters. The average Bonchev–Trinajstić information content (AvgIpc) is 2.27. The second-order valence-electron chi connectivity index (χ2n) is 3.98. The fourth-order valence-corrected chi connectivity index (χ4v) is 2.11. The van der Waals surface area contributed by atoms with Crippen molar-refractivity contribution in [1.29, 1.82) is 0 Å². The summed E-state index contributed by atoms with van der Waals surface area (Å²) in [6, 6.07) is -0.796. The number of aliphatic carboxylic acids is 2. The van der Waals surface area contributed by atoms with Gasteiger partial charge >= 0.3 is 18.0 Å². The van der Waals surface area contributed by atoms with E-state index in [0.717, 1.165) is 22.8 Å². The lowest BCUT2D eigenvalue weighted by Crippen LogP contribution is -2.48. The van der Waals surface area contributed by atoms with Gasteiger partial charge in [-0.25, -0.2) is 4.79 Å². The summed E-state index contributed by atoms with van der Waals surface area (Å²) in [6.45, 7) is 2.58. The van der Waals surface area contributed by atoms with Crippen molar-refractivity contribution in [1.82, 2.24) is 10.2 Å². The number of carboxylic acids is 2. The minimum absolute atomic E-state index is 0.128. The number of amides is 2. The average molecular weight is 292 g/mol. The monoisotopic (exact) mass is 292 g/mol. The molecule has 7 nitrogen and oxygen atoms in total. The number of hydrogen-bond donors (Lipinski definition) is 3. The van der Waals surface area contributed by atoms with Gasteiger partial charge in [0.15, 0.2) is 0 Å². The van der Waals surface area contributed by atoms with Crippen LogP contribution in [0.1, 0.15) is 20.3 Å². The Bertz CT molecular complexity index is 308. The van der Waals surface area contributed by atoms with E-state index >= 15 is 0 Å². The minimum atomic E-state index is -1.24. The number of urea groups is 1. The summed E-state index contributed by atoms with van der Waals surface area (Å²) in [5.74, 6) is -0.614. The lowest BCUT2D eigenvalue weighted by Gasteiger charge is -2.22. The summed E-state index contributed by atoms with van der Waals surface area (Å²) < 4.78 is 0. The van der Waals surface area contributed by atoms with Crippen LogP contribution in [0.3, 0.4) is 0 Å². The molecule has 0 bridgehead atoms. The van der Waals surface area contributed by atoms with E-state index in [1.807, 2.05) is 6.92 Å². The Kier molecular flexibility index (Phi) is 8.77. The van der Waals surface area contributed by atoms with Crippen molar-refractivity contribution >= 4 is 29.7 Å². The number of nitrogens with one attached hydrogen (secondary N) is 1. The molecule has 19 heavy (non-hydrogen) atoms. The first-order valence-electron chi connectivity index (χ1n) is 5.93. The Balaban J connectivity index is 4.29. The van der Waals surface area contributed by atoms with E-state index in [4.69, 9.17) is 10.2 Å². The van der Waals surface area contributed by atoms with Crippen molar-refractivity contribution in [3.05, 3.63) is 0 Å². The van der Waals surface area contributed by atoms with E-state index in [1.54, 1.807) is 18.7 Å². The van der Waals surface area contributed by atoms with Crippen LogP contribution in [0.5, 0.6) is 0 Å². The molecule has 0 saturated heterocycles. The van der Waals surface area contributed by atoms with Crippen molar-refractivity contribution in [2.45, 2.75) is 26.3 Å². The zero-order valence-corrected chi connectivity index (χ0v) is 11.9. The topological polar surface area (TPSA) is 107 Å². The van der Waals surface area contributed by atoms with Gasteiger partial charge in [-0.3, -0.25) is 9.59 Å². The summed E-state index contributed by atoms with van der Waals surface area (Å²) in [7, 11) is 0. The summed E-state index contributed by atoms with van der Waals surface area (Å²) in [5, 5.41) is 19.9. The van der Waals surface area contributed by atoms with Gasteiger partial charge in [0.2, 0.25) is 0 Å². The van der Waals surface area contributed by atoms with Crippen LogP contribution < -0.4 is 5.32 Å². The fourth-order valence-electron chi connectivity index (χ4n) is 1.30. The predicted octanol–water partition coefficient (Wildman–Crippen LogP) is 0.699. The SMILES string of the molecule is CCSCCC(C)NC(=O)N(CC(=O)O)CC(=O)O. The fraction of sp³-hybridized carbons (Fsp3) is 0.727. The molecule has 0 aliphatic heterocycles. The van der Waals surface area contributed by atoms with E-state index in [1.165, 1.54) is 0 Å². The molecule has 110 valence electrons. The lowest BCUT2D eigenvalue weighted by atomic mass is 10.3. The van der Waals surface area contributed by atoms with Crippen LogP contribution in [0.2, 0.25) is 0 Å². The highest BCUT2D eigenvalue weighted by Crippen LogP contribution is 2.04. The summed E-state index contributed by atoms with van der Waals surface area (Å²) in [6.07, 6.45) is 0.748. The molecule has 0 aliphatic rings. The van der Waals surface area contributed by atoms with E-state index < -0.39 is 31.1 Å². The van der Waals surface area contributed by atoms with Crippen LogP contribution in [0.4, 0.5) is 4.79 Å². The predicted molar refractivity (Wildman–Crippen MR) is 72.5 cm³/mol. The highest BCUT2D eigenvalue weighted by Gasteiger charge is 2.20. The van der Waals surface area contributed by atoms with E-state index in [-0.39, 0.29) is 6.04 Å². The van der Waals surface area contributed by atoms with Crippen molar-refractivity contribution < 1.29 is 24.6 Å². The minimum Gasteiger partial charge on any atom is -0.480 e. The Hall–Kier alpha value is -1.44. The van der Waals surface area contributed by atoms with Crippen molar-refractivity contribution in [2.24, 2.45) is 0 Å². The molecule has 0 radical (unpaired) electrons. The molecule has 0 saturated carbocycles. The Labute approximate surface area is 116 Å². The van der Waals surface area contributed by atoms with Gasteiger partial charge in [0, 0.05) is 6.04 Å². The van der Waals surface area contributed by atoms with Crippen molar-refractivity contribution in [3.63, 3.8) is 0 Å². The number of thioether (sulfide) groups is 1. The van der Waals surface area contributed by atoms with Crippen molar-refractivity contribution in [3.8, 4) is 0 Å². The van der Waals surface area contributed by atoms with E-state index in [9.17, 15) is 14.4 Å². The Morgan fingerprint density at radius 2 is 1.74 bits per heavy atom. The van der Waals surface area contributed by atoms with Gasteiger partial charge in [0.05, 0.1) is 0 Å². The molecule has 2 amide bonds. The zero-order valence-electron chi connectivity index (χ0n) is 11.1. The van der Waals surface area contributed by atoms with Crippen molar-refractivity contribution in [2.75, 3.05) is 24.6 Å². The molecule has 0 aliphatic carbocycles. The first-order chi connectivity index (χ1) is 8.86. The maximum Gasteiger partial charge on any atom is 0.323 e. The molecule has 0 fully saturated rings. The third-order valence-electron chi connectivity index (χ3n) is 2.21. The van der Waals surface area contributed by atoms with Crippen LogP contribution in [0.15, 0.2) is 0 Å². The molecule has 3 N–H and O–H groups in total. The van der Waals surface area contributed by atoms with Crippen LogP contribution in [0.25, 0.3) is 0 Å². The molecule has 0 aromatic heterocycles. The first-order valence-corrected chi connectivity index (χ1v) is 7.09. The normalized spacial score (nSPS) is 11.7. The van der Waals surface area contributed by atoms with Gasteiger partial charge in [-0.1, -0.05) is 6.92 Å². The third kappa shape index (κ3) is 9.18. The highest BCUT2D eigenvalue weighted by atomic mass is 32.2. The smallest absolute Gasteiger partial charge is 0.323 e. The second-order valence-corrected chi connectivity index (χ2v) is 5.37. The molecule has 1 unspecified atom stereocenters. The van der Waals surface area contributed by atoms with E-state index in [2.05, 4.69) is 5.32 Å². The molecular formula is C11H20N2O5S. The number of carbonyl (C=O) groups is 3. The van der Waals surface area contributed by atoms with Gasteiger partial charge in [-0.15, -0.1) is 0 Å². The van der Waals surface area contributed by atoms with Crippen LogP contribution in [-0.2, 0) is 9.59 Å². The summed E-state index contributed by atoms with van der Waals surface area (Å²) in [4.78, 5) is 33.6.